The van der Waals surface area contributed by atoms with E-state index in [1.807, 2.05) is 13.8 Å². The molecule has 1 fully saturated rings. The number of nitrogens with zero attached hydrogens (tertiary/aromatic N) is 1. The third-order valence-electron chi connectivity index (χ3n) is 4.35. The van der Waals surface area contributed by atoms with Crippen LogP contribution >= 0.6 is 15.9 Å². The van der Waals surface area contributed by atoms with Gasteiger partial charge in [0.2, 0.25) is 5.91 Å². The molecule has 0 unspecified atom stereocenters. The first-order valence-corrected chi connectivity index (χ1v) is 10.4. The first kappa shape index (κ1) is 22.2. The number of carbonyl (C=O) groups is 3. The normalized spacial score (nSPS) is 16.5. The van der Waals surface area contributed by atoms with Gasteiger partial charge in [0.05, 0.1) is 25.2 Å². The maximum Gasteiger partial charge on any atom is 0.308 e. The number of amides is 2. The molecule has 1 aliphatic rings. The Morgan fingerprint density at radius 3 is 2.75 bits per heavy atom. The SMILES string of the molecule is CCCCOC(=O)C[C@H]1C(=O)NCCN1C(=O)c1cc(Br)ccc1OCCC. The zero-order valence-electron chi connectivity index (χ0n) is 16.3. The minimum Gasteiger partial charge on any atom is -0.493 e. The molecule has 2 amide bonds. The van der Waals surface area contributed by atoms with Gasteiger partial charge in [-0.2, -0.15) is 0 Å². The molecule has 8 heteroatoms. The van der Waals surface area contributed by atoms with Crippen molar-refractivity contribution in [2.75, 3.05) is 26.3 Å². The molecule has 0 aliphatic carbocycles. The number of benzene rings is 1. The Morgan fingerprint density at radius 2 is 2.04 bits per heavy atom. The Labute approximate surface area is 173 Å². The molecule has 0 radical (unpaired) electrons. The number of nitrogens with one attached hydrogen (secondary N) is 1. The topological polar surface area (TPSA) is 84.9 Å². The summed E-state index contributed by atoms with van der Waals surface area (Å²) in [5.41, 5.74) is 0.363. The number of hydrogen-bond acceptors (Lipinski definition) is 5. The number of halogens is 1. The minimum absolute atomic E-state index is 0.166. The summed E-state index contributed by atoms with van der Waals surface area (Å²) in [6.45, 7) is 5.44. The average Bonchev–Trinajstić information content (AvgIpc) is 2.68. The third kappa shape index (κ3) is 5.95. The second kappa shape index (κ2) is 11.0. The van der Waals surface area contributed by atoms with E-state index in [1.54, 1.807) is 18.2 Å². The van der Waals surface area contributed by atoms with Crippen molar-refractivity contribution in [3.8, 4) is 5.75 Å². The van der Waals surface area contributed by atoms with E-state index in [1.165, 1.54) is 4.90 Å². The van der Waals surface area contributed by atoms with Gasteiger partial charge >= 0.3 is 5.97 Å². The van der Waals surface area contributed by atoms with Gasteiger partial charge in [0.15, 0.2) is 0 Å². The molecule has 28 heavy (non-hydrogen) atoms. The quantitative estimate of drug-likeness (QED) is 0.457. The van der Waals surface area contributed by atoms with Crippen molar-refractivity contribution in [1.29, 1.82) is 0 Å². The fourth-order valence-electron chi connectivity index (χ4n) is 2.87. The highest BCUT2D eigenvalue weighted by atomic mass is 79.9. The van der Waals surface area contributed by atoms with Crippen LogP contribution in [0.4, 0.5) is 0 Å². The molecule has 7 nitrogen and oxygen atoms in total. The molecule has 2 rings (SSSR count). The number of rotatable bonds is 9. The standard InChI is InChI=1S/C20H27BrN2O5/c1-3-5-11-28-18(24)13-16-19(25)22-8-9-23(16)20(26)15-12-14(21)6-7-17(15)27-10-4-2/h6-7,12,16H,3-5,8-11,13H2,1-2H3,(H,22,25)/t16-/m0/s1. The largest absolute Gasteiger partial charge is 0.493 e. The van der Waals surface area contributed by atoms with Crippen molar-refractivity contribution in [2.45, 2.75) is 45.6 Å². The molecule has 1 aliphatic heterocycles. The lowest BCUT2D eigenvalue weighted by Gasteiger charge is -2.35. The van der Waals surface area contributed by atoms with Gasteiger partial charge in [0.25, 0.3) is 5.91 Å². The number of esters is 1. The summed E-state index contributed by atoms with van der Waals surface area (Å²) in [7, 11) is 0. The van der Waals surface area contributed by atoms with Crippen molar-refractivity contribution in [3.63, 3.8) is 0 Å². The summed E-state index contributed by atoms with van der Waals surface area (Å²) in [5, 5.41) is 2.72. The lowest BCUT2D eigenvalue weighted by Crippen LogP contribution is -2.57. The Hall–Kier alpha value is -2.09. The predicted molar refractivity (Wildman–Crippen MR) is 108 cm³/mol. The van der Waals surface area contributed by atoms with E-state index in [9.17, 15) is 14.4 Å². The number of unbranched alkanes of at least 4 members (excludes halogenated alkanes) is 1. The molecule has 0 spiro atoms. The van der Waals surface area contributed by atoms with Gasteiger partial charge in [-0.05, 0) is 31.0 Å². The third-order valence-corrected chi connectivity index (χ3v) is 4.84. The number of carbonyl (C=O) groups excluding carboxylic acids is 3. The van der Waals surface area contributed by atoms with Gasteiger partial charge in [-0.3, -0.25) is 14.4 Å². The van der Waals surface area contributed by atoms with Crippen LogP contribution in [0.25, 0.3) is 0 Å². The highest BCUT2D eigenvalue weighted by molar-refractivity contribution is 9.10. The van der Waals surface area contributed by atoms with E-state index in [2.05, 4.69) is 21.2 Å². The van der Waals surface area contributed by atoms with E-state index in [4.69, 9.17) is 9.47 Å². The Kier molecular flexibility index (Phi) is 8.76. The molecule has 1 atom stereocenters. The molecule has 1 aromatic rings. The van der Waals surface area contributed by atoms with Gasteiger partial charge in [-0.25, -0.2) is 0 Å². The summed E-state index contributed by atoms with van der Waals surface area (Å²) >= 11 is 3.38. The molecule has 1 N–H and O–H groups in total. The predicted octanol–water partition coefficient (Wildman–Crippen LogP) is 2.91. The molecule has 1 heterocycles. The molecular formula is C20H27BrN2O5. The van der Waals surface area contributed by atoms with Gasteiger partial charge in [-0.1, -0.05) is 36.2 Å². The lowest BCUT2D eigenvalue weighted by atomic mass is 10.1. The lowest BCUT2D eigenvalue weighted by molar-refractivity contribution is -0.147. The minimum atomic E-state index is -0.895. The maximum atomic E-state index is 13.2. The van der Waals surface area contributed by atoms with Crippen LogP contribution in [0.5, 0.6) is 5.75 Å². The molecule has 154 valence electrons. The van der Waals surface area contributed by atoms with Crippen molar-refractivity contribution in [1.82, 2.24) is 10.2 Å². The maximum absolute atomic E-state index is 13.2. The van der Waals surface area contributed by atoms with Crippen molar-refractivity contribution in [3.05, 3.63) is 28.2 Å². The second-order valence-corrected chi connectivity index (χ2v) is 7.49. The van der Waals surface area contributed by atoms with E-state index >= 15 is 0 Å². The van der Waals surface area contributed by atoms with Crippen LogP contribution in [-0.2, 0) is 14.3 Å². The van der Waals surface area contributed by atoms with E-state index in [0.29, 0.717) is 37.6 Å². The highest BCUT2D eigenvalue weighted by Crippen LogP contribution is 2.26. The first-order valence-electron chi connectivity index (χ1n) is 9.64. The first-order chi connectivity index (χ1) is 13.5. The molecule has 1 saturated heterocycles. The van der Waals surface area contributed by atoms with Crippen LogP contribution in [0.2, 0.25) is 0 Å². The Morgan fingerprint density at radius 1 is 1.25 bits per heavy atom. The number of piperazine rings is 1. The molecule has 0 bridgehead atoms. The monoisotopic (exact) mass is 454 g/mol. The van der Waals surface area contributed by atoms with Gasteiger partial charge in [-0.15, -0.1) is 0 Å². The van der Waals surface area contributed by atoms with Crippen LogP contribution in [0.1, 0.15) is 49.9 Å². The fourth-order valence-corrected chi connectivity index (χ4v) is 3.23. The van der Waals surface area contributed by atoms with E-state index < -0.39 is 12.0 Å². The zero-order valence-corrected chi connectivity index (χ0v) is 17.9. The van der Waals surface area contributed by atoms with E-state index in [0.717, 1.165) is 23.7 Å². The van der Waals surface area contributed by atoms with Gasteiger partial charge in [0.1, 0.15) is 11.8 Å². The Bertz CT molecular complexity index is 710. The van der Waals surface area contributed by atoms with Crippen LogP contribution in [0.3, 0.4) is 0 Å². The molecular weight excluding hydrogens is 428 g/mol. The van der Waals surface area contributed by atoms with Crippen LogP contribution in [0, 0.1) is 0 Å². The summed E-state index contributed by atoms with van der Waals surface area (Å²) < 4.78 is 11.6. The van der Waals surface area contributed by atoms with Crippen molar-refractivity contribution < 1.29 is 23.9 Å². The van der Waals surface area contributed by atoms with Crippen molar-refractivity contribution in [2.24, 2.45) is 0 Å². The summed E-state index contributed by atoms with van der Waals surface area (Å²) in [5.74, 6) is -0.707. The molecule has 0 aromatic heterocycles. The van der Waals surface area contributed by atoms with Gasteiger partial charge in [0, 0.05) is 17.6 Å². The van der Waals surface area contributed by atoms with Gasteiger partial charge < -0.3 is 19.7 Å². The molecule has 0 saturated carbocycles. The smallest absolute Gasteiger partial charge is 0.308 e. The van der Waals surface area contributed by atoms with Crippen LogP contribution in [-0.4, -0.2) is 55.0 Å². The fraction of sp³-hybridized carbons (Fsp3) is 0.550. The summed E-state index contributed by atoms with van der Waals surface area (Å²) in [6, 6.07) is 4.31. The summed E-state index contributed by atoms with van der Waals surface area (Å²) in [4.78, 5) is 39.2. The van der Waals surface area contributed by atoms with Crippen LogP contribution in [0.15, 0.2) is 22.7 Å². The Balaban J connectivity index is 2.20. The number of hydrogen-bond donors (Lipinski definition) is 1. The second-order valence-electron chi connectivity index (χ2n) is 6.57. The van der Waals surface area contributed by atoms with Crippen molar-refractivity contribution >= 4 is 33.7 Å². The average molecular weight is 455 g/mol. The molecule has 1 aromatic carbocycles. The van der Waals surface area contributed by atoms with E-state index in [-0.39, 0.29) is 18.2 Å². The zero-order chi connectivity index (χ0) is 20.5. The number of ether oxygens (including phenoxy) is 2. The van der Waals surface area contributed by atoms with Crippen LogP contribution < -0.4 is 10.1 Å². The highest BCUT2D eigenvalue weighted by Gasteiger charge is 2.36. The summed E-state index contributed by atoms with van der Waals surface area (Å²) in [6.07, 6.45) is 2.31.